The maximum atomic E-state index is 6.07. The Balaban J connectivity index is 2.41. The smallest absolute Gasteiger partial charge is 0.164 e. The van der Waals surface area contributed by atoms with Gasteiger partial charge in [0.05, 0.1) is 6.04 Å². The molecule has 6 nitrogen and oxygen atoms in total. The summed E-state index contributed by atoms with van der Waals surface area (Å²) in [5, 5.41) is 8.26. The van der Waals surface area contributed by atoms with E-state index in [4.69, 9.17) is 10.5 Å². The zero-order chi connectivity index (χ0) is 12.4. The molecule has 6 heteroatoms. The monoisotopic (exact) mass is 235 g/mol. The number of hydrogen-bond acceptors (Lipinski definition) is 5. The molecule has 0 spiro atoms. The van der Waals surface area contributed by atoms with Crippen molar-refractivity contribution in [3.63, 3.8) is 0 Å². The van der Waals surface area contributed by atoms with Gasteiger partial charge in [0.2, 0.25) is 0 Å². The predicted octanol–water partition coefficient (Wildman–Crippen LogP) is 0.777. The molecule has 0 radical (unpaired) electrons. The van der Waals surface area contributed by atoms with Crippen molar-refractivity contribution < 1.29 is 4.74 Å². The van der Waals surface area contributed by atoms with Crippen LogP contribution < -0.4 is 5.73 Å². The van der Waals surface area contributed by atoms with E-state index in [9.17, 15) is 0 Å². The number of aryl methyl sites for hydroxylation is 2. The van der Waals surface area contributed by atoms with E-state index in [1.54, 1.807) is 7.11 Å². The van der Waals surface area contributed by atoms with Gasteiger partial charge in [0.25, 0.3) is 0 Å². The highest BCUT2D eigenvalue weighted by Gasteiger charge is 2.15. The average Bonchev–Trinajstić information content (AvgIpc) is 2.69. The molecule has 92 valence electrons. The van der Waals surface area contributed by atoms with E-state index in [1.165, 1.54) is 0 Å². The third-order valence-electron chi connectivity index (χ3n) is 2.68. The van der Waals surface area contributed by atoms with Crippen molar-refractivity contribution in [2.45, 2.75) is 26.3 Å². The first-order valence-electron chi connectivity index (χ1n) is 5.57. The summed E-state index contributed by atoms with van der Waals surface area (Å²) in [6.45, 7) is 4.47. The molecular formula is C11H17N5O. The number of hydrogen-bond donors (Lipinski definition) is 1. The van der Waals surface area contributed by atoms with E-state index >= 15 is 0 Å². The standard InChI is InChI=1S/C11H17N5O/c1-7-6-10-14-15-11(9(12)4-5-17-3)16(10)8(2)13-7/h6,9H,4-5,12H2,1-3H3. The van der Waals surface area contributed by atoms with Crippen LogP contribution >= 0.6 is 0 Å². The van der Waals surface area contributed by atoms with Gasteiger partial charge in [0, 0.05) is 25.5 Å². The third kappa shape index (κ3) is 2.27. The summed E-state index contributed by atoms with van der Waals surface area (Å²) in [5.41, 5.74) is 7.79. The largest absolute Gasteiger partial charge is 0.385 e. The first-order chi connectivity index (χ1) is 8.13. The van der Waals surface area contributed by atoms with Gasteiger partial charge in [-0.3, -0.25) is 4.40 Å². The second-order valence-electron chi connectivity index (χ2n) is 4.08. The van der Waals surface area contributed by atoms with Crippen molar-refractivity contribution in [2.24, 2.45) is 5.73 Å². The molecule has 0 aliphatic rings. The zero-order valence-electron chi connectivity index (χ0n) is 10.3. The second kappa shape index (κ2) is 4.77. The van der Waals surface area contributed by atoms with Crippen LogP contribution in [0.4, 0.5) is 0 Å². The number of fused-ring (bicyclic) bond motifs is 1. The van der Waals surface area contributed by atoms with Crippen LogP contribution in [-0.2, 0) is 4.74 Å². The molecular weight excluding hydrogens is 218 g/mol. The summed E-state index contributed by atoms with van der Waals surface area (Å²) in [4.78, 5) is 4.39. The highest BCUT2D eigenvalue weighted by Crippen LogP contribution is 2.15. The van der Waals surface area contributed by atoms with Gasteiger partial charge in [0.1, 0.15) is 5.82 Å². The fourth-order valence-electron chi connectivity index (χ4n) is 1.87. The molecule has 0 aliphatic heterocycles. The molecule has 0 aromatic carbocycles. The van der Waals surface area contributed by atoms with E-state index in [0.29, 0.717) is 13.0 Å². The maximum absolute atomic E-state index is 6.07. The number of ether oxygens (including phenoxy) is 1. The molecule has 2 rings (SSSR count). The van der Waals surface area contributed by atoms with Gasteiger partial charge < -0.3 is 10.5 Å². The normalized spacial score (nSPS) is 13.2. The number of aromatic nitrogens is 4. The minimum absolute atomic E-state index is 0.187. The van der Waals surface area contributed by atoms with Gasteiger partial charge in [-0.25, -0.2) is 4.98 Å². The van der Waals surface area contributed by atoms with Gasteiger partial charge in [0.15, 0.2) is 11.5 Å². The molecule has 2 heterocycles. The molecule has 0 amide bonds. The first kappa shape index (κ1) is 11.9. The van der Waals surface area contributed by atoms with Crippen molar-refractivity contribution in [3.8, 4) is 0 Å². The zero-order valence-corrected chi connectivity index (χ0v) is 10.3. The Morgan fingerprint density at radius 1 is 1.41 bits per heavy atom. The molecule has 0 aliphatic carbocycles. The fourth-order valence-corrected chi connectivity index (χ4v) is 1.87. The van der Waals surface area contributed by atoms with Gasteiger partial charge in [-0.2, -0.15) is 0 Å². The topological polar surface area (TPSA) is 78.3 Å². The first-order valence-corrected chi connectivity index (χ1v) is 5.57. The summed E-state index contributed by atoms with van der Waals surface area (Å²) in [6.07, 6.45) is 0.713. The highest BCUT2D eigenvalue weighted by atomic mass is 16.5. The molecule has 2 N–H and O–H groups in total. The highest BCUT2D eigenvalue weighted by molar-refractivity contribution is 5.40. The minimum Gasteiger partial charge on any atom is -0.385 e. The van der Waals surface area contributed by atoms with Crippen LogP contribution in [0.1, 0.15) is 29.8 Å². The summed E-state index contributed by atoms with van der Waals surface area (Å²) in [5.74, 6) is 1.59. The molecule has 1 atom stereocenters. The molecule has 2 aromatic heterocycles. The lowest BCUT2D eigenvalue weighted by Gasteiger charge is -2.10. The van der Waals surface area contributed by atoms with E-state index in [0.717, 1.165) is 23.0 Å². The van der Waals surface area contributed by atoms with Crippen LogP contribution in [0.3, 0.4) is 0 Å². The molecule has 2 aromatic rings. The Labute approximate surface area is 99.8 Å². The fraction of sp³-hybridized carbons (Fsp3) is 0.545. The lowest BCUT2D eigenvalue weighted by molar-refractivity contribution is 0.187. The third-order valence-corrected chi connectivity index (χ3v) is 2.68. The Bertz CT molecular complexity index is 522. The van der Waals surface area contributed by atoms with Crippen molar-refractivity contribution in [3.05, 3.63) is 23.4 Å². The number of methoxy groups -OCH3 is 1. The van der Waals surface area contributed by atoms with Crippen LogP contribution in [0.5, 0.6) is 0 Å². The average molecular weight is 235 g/mol. The molecule has 0 saturated heterocycles. The van der Waals surface area contributed by atoms with E-state index in [1.807, 2.05) is 24.3 Å². The van der Waals surface area contributed by atoms with E-state index < -0.39 is 0 Å². The van der Waals surface area contributed by atoms with Crippen LogP contribution in [0.2, 0.25) is 0 Å². The van der Waals surface area contributed by atoms with E-state index in [2.05, 4.69) is 15.2 Å². The van der Waals surface area contributed by atoms with Crippen molar-refractivity contribution in [1.29, 1.82) is 0 Å². The SMILES string of the molecule is COCCC(N)c1nnc2cc(C)nc(C)n12. The van der Waals surface area contributed by atoms with Crippen LogP contribution in [0.15, 0.2) is 6.07 Å². The van der Waals surface area contributed by atoms with E-state index in [-0.39, 0.29) is 6.04 Å². The minimum atomic E-state index is -0.187. The number of rotatable bonds is 4. The van der Waals surface area contributed by atoms with Gasteiger partial charge in [-0.1, -0.05) is 0 Å². The number of nitrogens with two attached hydrogens (primary N) is 1. The van der Waals surface area contributed by atoms with Crippen molar-refractivity contribution >= 4 is 5.65 Å². The Morgan fingerprint density at radius 2 is 2.18 bits per heavy atom. The van der Waals surface area contributed by atoms with Crippen LogP contribution in [0, 0.1) is 13.8 Å². The Hall–Kier alpha value is -1.53. The van der Waals surface area contributed by atoms with Crippen molar-refractivity contribution in [1.82, 2.24) is 19.6 Å². The molecule has 17 heavy (non-hydrogen) atoms. The van der Waals surface area contributed by atoms with Crippen LogP contribution in [-0.4, -0.2) is 33.3 Å². The lowest BCUT2D eigenvalue weighted by Crippen LogP contribution is -2.17. The maximum Gasteiger partial charge on any atom is 0.164 e. The summed E-state index contributed by atoms with van der Waals surface area (Å²) >= 11 is 0. The summed E-state index contributed by atoms with van der Waals surface area (Å²) in [7, 11) is 1.66. The second-order valence-corrected chi connectivity index (χ2v) is 4.08. The predicted molar refractivity (Wildman–Crippen MR) is 63.7 cm³/mol. The molecule has 0 saturated carbocycles. The molecule has 0 bridgehead atoms. The summed E-state index contributed by atoms with van der Waals surface area (Å²) < 4.78 is 6.92. The van der Waals surface area contributed by atoms with Crippen molar-refractivity contribution in [2.75, 3.05) is 13.7 Å². The molecule has 0 fully saturated rings. The lowest BCUT2D eigenvalue weighted by atomic mass is 10.2. The Morgan fingerprint density at radius 3 is 2.88 bits per heavy atom. The number of nitrogens with zero attached hydrogens (tertiary/aromatic N) is 4. The quantitative estimate of drug-likeness (QED) is 0.847. The van der Waals surface area contributed by atoms with Gasteiger partial charge >= 0.3 is 0 Å². The Kier molecular flexibility index (Phi) is 3.35. The molecule has 1 unspecified atom stereocenters. The van der Waals surface area contributed by atoms with Crippen LogP contribution in [0.25, 0.3) is 5.65 Å². The van der Waals surface area contributed by atoms with Gasteiger partial charge in [-0.15, -0.1) is 10.2 Å². The van der Waals surface area contributed by atoms with Gasteiger partial charge in [-0.05, 0) is 20.3 Å². The summed E-state index contributed by atoms with van der Waals surface area (Å²) in [6, 6.07) is 1.71.